The average Bonchev–Trinajstić information content (AvgIpc) is 1.95. The zero-order chi connectivity index (χ0) is 10.9. The summed E-state index contributed by atoms with van der Waals surface area (Å²) in [5.41, 5.74) is -1.96. The van der Waals surface area contributed by atoms with Gasteiger partial charge in [0.25, 0.3) is 0 Å². The molecule has 2 nitrogen and oxygen atoms in total. The van der Waals surface area contributed by atoms with Crippen molar-refractivity contribution in [1.29, 1.82) is 0 Å². The number of alkyl halides is 1. The van der Waals surface area contributed by atoms with Crippen LogP contribution >= 0.6 is 0 Å². The maximum Gasteiger partial charge on any atom is 0.309 e. The van der Waals surface area contributed by atoms with Crippen molar-refractivity contribution in [3.05, 3.63) is 0 Å². The van der Waals surface area contributed by atoms with Crippen LogP contribution in [0.25, 0.3) is 0 Å². The molecule has 4 atom stereocenters. The molecule has 4 aliphatic rings. The minimum atomic E-state index is -1.17. The Morgan fingerprint density at radius 3 is 2.53 bits per heavy atom. The van der Waals surface area contributed by atoms with Gasteiger partial charge in [0.1, 0.15) is 5.67 Å². The third-order valence-corrected chi connectivity index (χ3v) is 4.73. The third-order valence-electron chi connectivity index (χ3n) is 4.73. The van der Waals surface area contributed by atoms with Crippen LogP contribution in [0, 0.1) is 16.7 Å². The molecule has 4 rings (SSSR count). The minimum Gasteiger partial charge on any atom is -0.481 e. The van der Waals surface area contributed by atoms with E-state index in [9.17, 15) is 14.3 Å². The molecule has 4 unspecified atom stereocenters. The summed E-state index contributed by atoms with van der Waals surface area (Å²) in [4.78, 5) is 11.4. The number of halogens is 1. The summed E-state index contributed by atoms with van der Waals surface area (Å²) >= 11 is 0. The van der Waals surface area contributed by atoms with E-state index in [1.165, 1.54) is 0 Å². The van der Waals surface area contributed by atoms with Gasteiger partial charge in [0, 0.05) is 0 Å². The van der Waals surface area contributed by atoms with Crippen LogP contribution in [0.2, 0.25) is 0 Å². The molecule has 15 heavy (non-hydrogen) atoms. The molecule has 0 saturated heterocycles. The van der Waals surface area contributed by atoms with E-state index in [-0.39, 0.29) is 11.8 Å². The third kappa shape index (κ3) is 1.18. The standard InChI is InChI=1S/C12H17FO2/c1-10-2-8-3-11(5-10,9(14)15)7-12(13,4-8)6-10/h8H,2-7H2,1H3,(H,14,15). The zero-order valence-corrected chi connectivity index (χ0v) is 9.05. The Kier molecular flexibility index (Phi) is 1.53. The van der Waals surface area contributed by atoms with Crippen LogP contribution in [0.1, 0.15) is 45.4 Å². The van der Waals surface area contributed by atoms with Gasteiger partial charge in [-0.3, -0.25) is 4.79 Å². The van der Waals surface area contributed by atoms with E-state index >= 15 is 0 Å². The summed E-state index contributed by atoms with van der Waals surface area (Å²) in [6, 6.07) is 0. The first kappa shape index (κ1) is 9.61. The Morgan fingerprint density at radius 2 is 2.00 bits per heavy atom. The van der Waals surface area contributed by atoms with E-state index in [1.54, 1.807) is 0 Å². The van der Waals surface area contributed by atoms with Gasteiger partial charge in [0.2, 0.25) is 0 Å². The number of hydrogen-bond donors (Lipinski definition) is 1. The highest BCUT2D eigenvalue weighted by Gasteiger charge is 2.65. The Balaban J connectivity index is 2.05. The van der Waals surface area contributed by atoms with Crippen molar-refractivity contribution in [1.82, 2.24) is 0 Å². The molecule has 0 aromatic carbocycles. The van der Waals surface area contributed by atoms with Gasteiger partial charge in [-0.1, -0.05) is 6.92 Å². The number of rotatable bonds is 1. The summed E-state index contributed by atoms with van der Waals surface area (Å²) < 4.78 is 14.5. The van der Waals surface area contributed by atoms with E-state index in [0.29, 0.717) is 31.6 Å². The van der Waals surface area contributed by atoms with Crippen molar-refractivity contribution < 1.29 is 14.3 Å². The molecule has 0 aliphatic heterocycles. The van der Waals surface area contributed by atoms with E-state index in [4.69, 9.17) is 0 Å². The van der Waals surface area contributed by atoms with E-state index < -0.39 is 17.1 Å². The number of carboxylic acid groups (broad SMARTS) is 1. The largest absolute Gasteiger partial charge is 0.481 e. The quantitative estimate of drug-likeness (QED) is 0.725. The summed E-state index contributed by atoms with van der Waals surface area (Å²) in [5.74, 6) is -0.452. The molecule has 84 valence electrons. The van der Waals surface area contributed by atoms with Gasteiger partial charge in [-0.25, -0.2) is 4.39 Å². The predicted molar refractivity (Wildman–Crippen MR) is 53.2 cm³/mol. The van der Waals surface area contributed by atoms with Crippen molar-refractivity contribution in [3.63, 3.8) is 0 Å². The number of aliphatic carboxylic acids is 1. The van der Waals surface area contributed by atoms with Crippen LogP contribution in [0.3, 0.4) is 0 Å². The van der Waals surface area contributed by atoms with Gasteiger partial charge in [-0.15, -0.1) is 0 Å². The first-order valence-corrected chi connectivity index (χ1v) is 5.77. The lowest BCUT2D eigenvalue weighted by Gasteiger charge is -2.61. The van der Waals surface area contributed by atoms with Crippen LogP contribution in [0.5, 0.6) is 0 Å². The molecule has 0 spiro atoms. The highest BCUT2D eigenvalue weighted by atomic mass is 19.1. The lowest BCUT2D eigenvalue weighted by atomic mass is 9.44. The molecule has 3 heteroatoms. The van der Waals surface area contributed by atoms with E-state index in [1.807, 2.05) is 0 Å². The van der Waals surface area contributed by atoms with E-state index in [0.717, 1.165) is 6.42 Å². The summed E-state index contributed by atoms with van der Waals surface area (Å²) in [6.07, 6.45) is 3.90. The van der Waals surface area contributed by atoms with Crippen LogP contribution < -0.4 is 0 Å². The SMILES string of the molecule is CC12CC3CC(F)(C1)CC(C(=O)O)(C3)C2. The van der Waals surface area contributed by atoms with Gasteiger partial charge in [0.05, 0.1) is 5.41 Å². The second kappa shape index (κ2) is 2.38. The molecular weight excluding hydrogens is 195 g/mol. The Bertz CT molecular complexity index is 321. The monoisotopic (exact) mass is 212 g/mol. The Morgan fingerprint density at radius 1 is 1.27 bits per heavy atom. The molecule has 1 N–H and O–H groups in total. The predicted octanol–water partition coefficient (Wildman–Crippen LogP) is 2.77. The zero-order valence-electron chi connectivity index (χ0n) is 9.05. The molecule has 4 bridgehead atoms. The number of hydrogen-bond acceptors (Lipinski definition) is 1. The average molecular weight is 212 g/mol. The fourth-order valence-corrected chi connectivity index (χ4v) is 5.03. The van der Waals surface area contributed by atoms with Gasteiger partial charge in [0.15, 0.2) is 0 Å². The molecule has 0 aromatic rings. The highest BCUT2D eigenvalue weighted by molar-refractivity contribution is 5.75. The topological polar surface area (TPSA) is 37.3 Å². The van der Waals surface area contributed by atoms with Crippen LogP contribution in [-0.4, -0.2) is 16.7 Å². The van der Waals surface area contributed by atoms with Gasteiger partial charge in [-0.2, -0.15) is 0 Å². The van der Waals surface area contributed by atoms with Crippen molar-refractivity contribution in [2.75, 3.05) is 0 Å². The van der Waals surface area contributed by atoms with Crippen molar-refractivity contribution in [2.24, 2.45) is 16.7 Å². The molecule has 0 heterocycles. The van der Waals surface area contributed by atoms with Crippen molar-refractivity contribution in [2.45, 2.75) is 51.1 Å². The summed E-state index contributed by atoms with van der Waals surface area (Å²) in [7, 11) is 0. The van der Waals surface area contributed by atoms with Gasteiger partial charge >= 0.3 is 5.97 Å². The van der Waals surface area contributed by atoms with Crippen molar-refractivity contribution >= 4 is 5.97 Å². The Hall–Kier alpha value is -0.600. The number of carboxylic acids is 1. The summed E-state index contributed by atoms with van der Waals surface area (Å²) in [6.45, 7) is 2.07. The number of carbonyl (C=O) groups is 1. The fourth-order valence-electron chi connectivity index (χ4n) is 5.03. The molecular formula is C12H17FO2. The van der Waals surface area contributed by atoms with Gasteiger partial charge < -0.3 is 5.11 Å². The first-order valence-electron chi connectivity index (χ1n) is 5.77. The Labute approximate surface area is 88.9 Å². The minimum absolute atomic E-state index is 0.0491. The van der Waals surface area contributed by atoms with Crippen molar-refractivity contribution in [3.8, 4) is 0 Å². The first-order chi connectivity index (χ1) is 6.85. The second-order valence-electron chi connectivity index (χ2n) is 6.56. The molecule has 0 amide bonds. The lowest BCUT2D eigenvalue weighted by Crippen LogP contribution is -2.59. The normalized spacial score (nSPS) is 57.1. The molecule has 0 radical (unpaired) electrons. The molecule has 0 aromatic heterocycles. The summed E-state index contributed by atoms with van der Waals surface area (Å²) in [5, 5.41) is 9.34. The van der Waals surface area contributed by atoms with Crippen LogP contribution in [0.15, 0.2) is 0 Å². The van der Waals surface area contributed by atoms with Gasteiger partial charge in [-0.05, 0) is 49.9 Å². The highest BCUT2D eigenvalue weighted by Crippen LogP contribution is 2.67. The van der Waals surface area contributed by atoms with Crippen LogP contribution in [-0.2, 0) is 4.79 Å². The second-order valence-corrected chi connectivity index (χ2v) is 6.56. The maximum absolute atomic E-state index is 14.5. The molecule has 4 aliphatic carbocycles. The lowest BCUT2D eigenvalue weighted by molar-refractivity contribution is -0.191. The maximum atomic E-state index is 14.5. The van der Waals surface area contributed by atoms with E-state index in [2.05, 4.69) is 6.92 Å². The molecule has 4 saturated carbocycles. The molecule has 4 fully saturated rings. The van der Waals surface area contributed by atoms with Crippen LogP contribution in [0.4, 0.5) is 4.39 Å². The smallest absolute Gasteiger partial charge is 0.309 e. The fraction of sp³-hybridized carbons (Fsp3) is 0.917.